The van der Waals surface area contributed by atoms with Gasteiger partial charge in [0.15, 0.2) is 0 Å². The maximum atomic E-state index is 13.1. The van der Waals surface area contributed by atoms with Crippen molar-refractivity contribution in [1.82, 2.24) is 14.5 Å². The predicted molar refractivity (Wildman–Crippen MR) is 144 cm³/mol. The molecular formula is C26H23Cl2N5O4. The average molecular weight is 540 g/mol. The second kappa shape index (κ2) is 10.3. The summed E-state index contributed by atoms with van der Waals surface area (Å²) in [5.41, 5.74) is 0.897. The van der Waals surface area contributed by atoms with Crippen LogP contribution in [0.25, 0.3) is 16.6 Å². The topological polar surface area (TPSA) is 110 Å². The number of benzene rings is 1. The number of aromatic carboxylic acids is 1. The summed E-state index contributed by atoms with van der Waals surface area (Å²) in [6.07, 6.45) is 6.36. The number of carboxylic acids is 1. The molecule has 1 aliphatic rings. The number of anilines is 2. The normalized spacial score (nSPS) is 15.2. The van der Waals surface area contributed by atoms with E-state index in [9.17, 15) is 14.7 Å². The fourth-order valence-corrected chi connectivity index (χ4v) is 5.02. The number of ether oxygens (including phenoxy) is 1. The Bertz CT molecular complexity index is 1540. The molecule has 5 rings (SSSR count). The fraction of sp³-hybridized carbons (Fsp3) is 0.231. The summed E-state index contributed by atoms with van der Waals surface area (Å²) >= 11 is 12.9. The van der Waals surface area contributed by atoms with Gasteiger partial charge in [-0.05, 0) is 49.2 Å². The zero-order valence-corrected chi connectivity index (χ0v) is 21.3. The first-order chi connectivity index (χ1) is 17.9. The molecule has 2 N–H and O–H groups in total. The van der Waals surface area contributed by atoms with E-state index in [2.05, 4.69) is 20.2 Å². The molecule has 0 radical (unpaired) electrons. The summed E-state index contributed by atoms with van der Waals surface area (Å²) in [7, 11) is 1.76. The van der Waals surface area contributed by atoms with Crippen LogP contribution in [0.3, 0.4) is 0 Å². The number of hydrogen-bond acceptors (Lipinski definition) is 7. The Morgan fingerprint density at radius 1 is 1.22 bits per heavy atom. The minimum absolute atomic E-state index is 0.00284. The molecule has 4 aromatic rings. The van der Waals surface area contributed by atoms with Gasteiger partial charge in [-0.15, -0.1) is 0 Å². The number of hydrogen-bond donors (Lipinski definition) is 2. The van der Waals surface area contributed by atoms with Gasteiger partial charge in [0.2, 0.25) is 11.3 Å². The number of nitrogens with zero attached hydrogens (tertiary/aromatic N) is 4. The van der Waals surface area contributed by atoms with E-state index in [0.29, 0.717) is 39.6 Å². The molecule has 37 heavy (non-hydrogen) atoms. The van der Waals surface area contributed by atoms with Gasteiger partial charge in [0.05, 0.1) is 34.2 Å². The van der Waals surface area contributed by atoms with Crippen molar-refractivity contribution in [2.75, 3.05) is 30.4 Å². The largest absolute Gasteiger partial charge is 0.477 e. The third-order valence-corrected chi connectivity index (χ3v) is 7.00. The minimum Gasteiger partial charge on any atom is -0.477 e. The summed E-state index contributed by atoms with van der Waals surface area (Å²) in [5, 5.41) is 13.6. The third-order valence-electron chi connectivity index (χ3n) is 6.41. The summed E-state index contributed by atoms with van der Waals surface area (Å²) in [6.45, 7) is 1.09. The monoisotopic (exact) mass is 539 g/mol. The van der Waals surface area contributed by atoms with Crippen molar-refractivity contribution in [3.05, 3.63) is 80.8 Å². The number of carbonyl (C=O) groups is 1. The molecule has 0 aliphatic carbocycles. The highest BCUT2D eigenvalue weighted by Crippen LogP contribution is 2.36. The second-order valence-corrected chi connectivity index (χ2v) is 9.42. The van der Waals surface area contributed by atoms with Crippen molar-refractivity contribution in [3.8, 4) is 11.6 Å². The van der Waals surface area contributed by atoms with Crippen molar-refractivity contribution in [2.45, 2.75) is 18.9 Å². The lowest BCUT2D eigenvalue weighted by Gasteiger charge is -2.28. The third kappa shape index (κ3) is 4.80. The van der Waals surface area contributed by atoms with E-state index in [1.54, 1.807) is 54.3 Å². The molecule has 1 aromatic carbocycles. The molecule has 3 aromatic heterocycles. The number of carboxylic acid groups (broad SMARTS) is 1. The van der Waals surface area contributed by atoms with Gasteiger partial charge < -0.3 is 24.6 Å². The van der Waals surface area contributed by atoms with Crippen LogP contribution in [0, 0.1) is 0 Å². The van der Waals surface area contributed by atoms with E-state index < -0.39 is 11.4 Å². The molecular weight excluding hydrogens is 517 g/mol. The number of nitrogens with one attached hydrogen (secondary N) is 1. The summed E-state index contributed by atoms with van der Waals surface area (Å²) in [5.74, 6) is -0.289. The van der Waals surface area contributed by atoms with Gasteiger partial charge in [0, 0.05) is 31.4 Å². The van der Waals surface area contributed by atoms with Crippen molar-refractivity contribution in [1.29, 1.82) is 0 Å². The first kappa shape index (κ1) is 24.9. The smallest absolute Gasteiger partial charge is 0.341 e. The van der Waals surface area contributed by atoms with Crippen LogP contribution in [0.5, 0.6) is 5.88 Å². The second-order valence-electron chi connectivity index (χ2n) is 8.61. The number of fused-ring (bicyclic) bond motifs is 1. The van der Waals surface area contributed by atoms with Gasteiger partial charge >= 0.3 is 5.97 Å². The standard InChI is InChI=1S/C26H23Cl2N5O4/c1-29-23-7-6-15(12-31-23)33-13-18(26(35)36)24(34)17-10-20(28)22(11-21(17)33)32-9-3-4-16(32)14-37-25-19(27)5-2-8-30-25/h2,5-8,10-13,16H,3-4,9,14H2,1H3,(H,29,31)(H,35,36)/t16-/m1/s1. The van der Waals surface area contributed by atoms with Crippen molar-refractivity contribution in [3.63, 3.8) is 0 Å². The van der Waals surface area contributed by atoms with E-state index in [-0.39, 0.29) is 17.0 Å². The van der Waals surface area contributed by atoms with E-state index in [1.165, 1.54) is 6.20 Å². The Kier molecular flexibility index (Phi) is 6.90. The highest BCUT2D eigenvalue weighted by molar-refractivity contribution is 6.34. The van der Waals surface area contributed by atoms with Crippen molar-refractivity contribution < 1.29 is 14.6 Å². The van der Waals surface area contributed by atoms with E-state index in [4.69, 9.17) is 27.9 Å². The van der Waals surface area contributed by atoms with Gasteiger partial charge in [0.25, 0.3) is 0 Å². The average Bonchev–Trinajstić information content (AvgIpc) is 3.36. The fourth-order valence-electron chi connectivity index (χ4n) is 4.58. The summed E-state index contributed by atoms with van der Waals surface area (Å²) in [4.78, 5) is 35.6. The number of halogens is 2. The molecule has 0 bridgehead atoms. The van der Waals surface area contributed by atoms with E-state index >= 15 is 0 Å². The van der Waals surface area contributed by atoms with E-state index in [1.807, 2.05) is 6.07 Å². The zero-order valence-electron chi connectivity index (χ0n) is 19.8. The maximum Gasteiger partial charge on any atom is 0.341 e. The SMILES string of the molecule is CNc1ccc(-n2cc(C(=O)O)c(=O)c3cc(Cl)c(N4CCC[C@@H]4COc4ncccc4Cl)cc32)cn1. The summed E-state index contributed by atoms with van der Waals surface area (Å²) in [6, 6.07) is 10.4. The molecule has 1 saturated heterocycles. The molecule has 0 saturated carbocycles. The molecule has 1 aliphatic heterocycles. The van der Waals surface area contributed by atoms with Crippen molar-refractivity contribution >= 4 is 51.6 Å². The van der Waals surface area contributed by atoms with Crippen LogP contribution in [0.15, 0.2) is 59.8 Å². The molecule has 9 nitrogen and oxygen atoms in total. The first-order valence-electron chi connectivity index (χ1n) is 11.6. The van der Waals surface area contributed by atoms with Gasteiger partial charge in [-0.2, -0.15) is 0 Å². The number of aromatic nitrogens is 3. The lowest BCUT2D eigenvalue weighted by atomic mass is 10.1. The Morgan fingerprint density at radius 2 is 2.05 bits per heavy atom. The quantitative estimate of drug-likeness (QED) is 0.342. The maximum absolute atomic E-state index is 13.1. The molecule has 1 atom stereocenters. The molecule has 0 unspecified atom stereocenters. The predicted octanol–water partition coefficient (Wildman–Crippen LogP) is 4.88. The van der Waals surface area contributed by atoms with Crippen LogP contribution in [-0.2, 0) is 0 Å². The lowest BCUT2D eigenvalue weighted by Crippen LogP contribution is -2.34. The molecule has 11 heteroatoms. The van der Waals surface area contributed by atoms with Crippen molar-refractivity contribution in [2.24, 2.45) is 0 Å². The number of rotatable bonds is 7. The molecule has 0 amide bonds. The highest BCUT2D eigenvalue weighted by Gasteiger charge is 2.28. The van der Waals surface area contributed by atoms with Crippen LogP contribution >= 0.6 is 23.2 Å². The molecule has 1 fully saturated rings. The van der Waals surface area contributed by atoms with E-state index in [0.717, 1.165) is 25.1 Å². The minimum atomic E-state index is -1.31. The van der Waals surface area contributed by atoms with Gasteiger partial charge in [-0.1, -0.05) is 23.2 Å². The molecule has 190 valence electrons. The Balaban J connectivity index is 1.59. The van der Waals surface area contributed by atoms with Crippen LogP contribution in [0.1, 0.15) is 23.2 Å². The van der Waals surface area contributed by atoms with Gasteiger partial charge in [-0.25, -0.2) is 14.8 Å². The molecule has 0 spiro atoms. The lowest BCUT2D eigenvalue weighted by molar-refractivity contribution is 0.0695. The van der Waals surface area contributed by atoms with Crippen LogP contribution in [0.4, 0.5) is 11.5 Å². The molecule has 4 heterocycles. The zero-order chi connectivity index (χ0) is 26.1. The van der Waals surface area contributed by atoms with Gasteiger partial charge in [0.1, 0.15) is 23.0 Å². The number of pyridine rings is 3. The van der Waals surface area contributed by atoms with Crippen LogP contribution in [0.2, 0.25) is 10.0 Å². The highest BCUT2D eigenvalue weighted by atomic mass is 35.5. The van der Waals surface area contributed by atoms with Crippen LogP contribution in [-0.4, -0.2) is 51.9 Å². The Hall–Kier alpha value is -3.82. The Morgan fingerprint density at radius 3 is 2.76 bits per heavy atom. The summed E-state index contributed by atoms with van der Waals surface area (Å²) < 4.78 is 7.57. The van der Waals surface area contributed by atoms with Crippen LogP contribution < -0.4 is 20.4 Å². The van der Waals surface area contributed by atoms with Gasteiger partial charge in [-0.3, -0.25) is 4.79 Å². The Labute approximate surface area is 222 Å². The first-order valence-corrected chi connectivity index (χ1v) is 12.4.